The highest BCUT2D eigenvalue weighted by Crippen LogP contribution is 2.05. The summed E-state index contributed by atoms with van der Waals surface area (Å²) in [5.41, 5.74) is 2.55. The van der Waals surface area contributed by atoms with Crippen LogP contribution in [-0.4, -0.2) is 23.3 Å². The van der Waals surface area contributed by atoms with E-state index in [9.17, 15) is 0 Å². The van der Waals surface area contributed by atoms with Gasteiger partial charge >= 0.3 is 0 Å². The summed E-state index contributed by atoms with van der Waals surface area (Å²) in [7, 11) is 0. The molecule has 1 rings (SSSR count). The van der Waals surface area contributed by atoms with Crippen LogP contribution in [0.3, 0.4) is 0 Å². The second-order valence-corrected chi connectivity index (χ2v) is 4.34. The zero-order valence-electron chi connectivity index (χ0n) is 10.1. The van der Waals surface area contributed by atoms with E-state index in [1.165, 1.54) is 24.1 Å². The van der Waals surface area contributed by atoms with Gasteiger partial charge in [0.25, 0.3) is 0 Å². The number of aromatic amines is 1. The van der Waals surface area contributed by atoms with Crippen LogP contribution in [0.15, 0.2) is 6.20 Å². The molecule has 0 saturated carbocycles. The summed E-state index contributed by atoms with van der Waals surface area (Å²) < 4.78 is 0. The Morgan fingerprint density at radius 1 is 1.53 bits per heavy atom. The largest absolute Gasteiger partial charge is 0.316 e. The lowest BCUT2D eigenvalue weighted by atomic mass is 10.1. The SMILES string of the molecule is CC[C@@H](C)CNCCCc1cn[nH]c1C. The Morgan fingerprint density at radius 2 is 2.33 bits per heavy atom. The lowest BCUT2D eigenvalue weighted by molar-refractivity contribution is 0.495. The van der Waals surface area contributed by atoms with Crippen molar-refractivity contribution in [2.45, 2.75) is 40.0 Å². The molecule has 0 fully saturated rings. The number of rotatable bonds is 7. The van der Waals surface area contributed by atoms with Crippen LogP contribution >= 0.6 is 0 Å². The summed E-state index contributed by atoms with van der Waals surface area (Å²) in [4.78, 5) is 0. The summed E-state index contributed by atoms with van der Waals surface area (Å²) in [5.74, 6) is 0.792. The fraction of sp³-hybridized carbons (Fsp3) is 0.750. The molecule has 0 aliphatic rings. The van der Waals surface area contributed by atoms with E-state index in [1.54, 1.807) is 0 Å². The van der Waals surface area contributed by atoms with Crippen LogP contribution in [0.5, 0.6) is 0 Å². The molecule has 86 valence electrons. The molecule has 1 aromatic heterocycles. The first kappa shape index (κ1) is 12.2. The average molecular weight is 209 g/mol. The first-order valence-electron chi connectivity index (χ1n) is 5.93. The van der Waals surface area contributed by atoms with Gasteiger partial charge in [-0.25, -0.2) is 0 Å². The molecule has 0 bridgehead atoms. The minimum absolute atomic E-state index is 0.792. The lowest BCUT2D eigenvalue weighted by Crippen LogP contribution is -2.22. The van der Waals surface area contributed by atoms with Crippen molar-refractivity contribution in [2.24, 2.45) is 5.92 Å². The molecule has 0 spiro atoms. The molecule has 15 heavy (non-hydrogen) atoms. The maximum absolute atomic E-state index is 4.02. The topological polar surface area (TPSA) is 40.7 Å². The zero-order chi connectivity index (χ0) is 11.1. The molecule has 0 aliphatic heterocycles. The maximum Gasteiger partial charge on any atom is 0.0522 e. The van der Waals surface area contributed by atoms with Crippen molar-refractivity contribution in [1.82, 2.24) is 15.5 Å². The van der Waals surface area contributed by atoms with Gasteiger partial charge in [-0.05, 0) is 44.3 Å². The summed E-state index contributed by atoms with van der Waals surface area (Å²) >= 11 is 0. The van der Waals surface area contributed by atoms with Crippen LogP contribution < -0.4 is 5.32 Å². The Kier molecular flexibility index (Phi) is 5.40. The second-order valence-electron chi connectivity index (χ2n) is 4.34. The van der Waals surface area contributed by atoms with Gasteiger partial charge in [0, 0.05) is 5.69 Å². The highest BCUT2D eigenvalue weighted by molar-refractivity contribution is 5.14. The van der Waals surface area contributed by atoms with Crippen LogP contribution in [0, 0.1) is 12.8 Å². The van der Waals surface area contributed by atoms with Crippen molar-refractivity contribution in [3.8, 4) is 0 Å². The van der Waals surface area contributed by atoms with E-state index in [-0.39, 0.29) is 0 Å². The van der Waals surface area contributed by atoms with Gasteiger partial charge in [0.15, 0.2) is 0 Å². The molecule has 1 atom stereocenters. The first-order valence-corrected chi connectivity index (χ1v) is 5.93. The third-order valence-electron chi connectivity index (χ3n) is 2.92. The molecule has 2 N–H and O–H groups in total. The quantitative estimate of drug-likeness (QED) is 0.676. The summed E-state index contributed by atoms with van der Waals surface area (Å²) in [6, 6.07) is 0. The molecule has 0 radical (unpaired) electrons. The summed E-state index contributed by atoms with van der Waals surface area (Å²) in [5, 5.41) is 10.5. The van der Waals surface area contributed by atoms with Crippen LogP contribution in [0.4, 0.5) is 0 Å². The number of aromatic nitrogens is 2. The highest BCUT2D eigenvalue weighted by atomic mass is 15.1. The monoisotopic (exact) mass is 209 g/mol. The van der Waals surface area contributed by atoms with Crippen molar-refractivity contribution >= 4 is 0 Å². The lowest BCUT2D eigenvalue weighted by Gasteiger charge is -2.09. The predicted molar refractivity (Wildman–Crippen MR) is 64.0 cm³/mol. The van der Waals surface area contributed by atoms with E-state index < -0.39 is 0 Å². The van der Waals surface area contributed by atoms with E-state index in [1.807, 2.05) is 6.20 Å². The van der Waals surface area contributed by atoms with E-state index in [0.717, 1.165) is 25.4 Å². The van der Waals surface area contributed by atoms with E-state index >= 15 is 0 Å². The number of nitrogens with one attached hydrogen (secondary N) is 2. The van der Waals surface area contributed by atoms with Gasteiger partial charge in [0.2, 0.25) is 0 Å². The zero-order valence-corrected chi connectivity index (χ0v) is 10.1. The Morgan fingerprint density at radius 3 is 2.93 bits per heavy atom. The Hall–Kier alpha value is -0.830. The minimum Gasteiger partial charge on any atom is -0.316 e. The van der Waals surface area contributed by atoms with Gasteiger partial charge in [-0.1, -0.05) is 20.3 Å². The normalized spacial score (nSPS) is 13.0. The summed E-state index contributed by atoms with van der Waals surface area (Å²) in [6.45, 7) is 8.85. The Bertz CT molecular complexity index is 268. The first-order chi connectivity index (χ1) is 7.24. The fourth-order valence-corrected chi connectivity index (χ4v) is 1.52. The van der Waals surface area contributed by atoms with Gasteiger partial charge in [-0.3, -0.25) is 5.10 Å². The highest BCUT2D eigenvalue weighted by Gasteiger charge is 2.00. The second kappa shape index (κ2) is 6.62. The maximum atomic E-state index is 4.02. The van der Waals surface area contributed by atoms with Crippen molar-refractivity contribution in [1.29, 1.82) is 0 Å². The van der Waals surface area contributed by atoms with Gasteiger partial charge in [-0.15, -0.1) is 0 Å². The number of hydrogen-bond donors (Lipinski definition) is 2. The van der Waals surface area contributed by atoms with Gasteiger partial charge in [0.1, 0.15) is 0 Å². The standard InChI is InChI=1S/C12H23N3/c1-4-10(2)8-13-7-5-6-12-9-14-15-11(12)3/h9-10,13H,4-8H2,1-3H3,(H,14,15)/t10-/m1/s1. The number of aryl methyl sites for hydroxylation is 2. The number of H-pyrrole nitrogens is 1. The molecule has 3 heteroatoms. The molecule has 0 saturated heterocycles. The molecule has 1 heterocycles. The van der Waals surface area contributed by atoms with E-state index in [2.05, 4.69) is 36.3 Å². The average Bonchev–Trinajstić information content (AvgIpc) is 2.63. The predicted octanol–water partition coefficient (Wildman–Crippen LogP) is 2.29. The molecular weight excluding hydrogens is 186 g/mol. The van der Waals surface area contributed by atoms with Crippen LogP contribution in [-0.2, 0) is 6.42 Å². The molecule has 0 amide bonds. The summed E-state index contributed by atoms with van der Waals surface area (Å²) in [6.07, 6.45) is 5.50. The molecule has 3 nitrogen and oxygen atoms in total. The molecule has 0 unspecified atom stereocenters. The van der Waals surface area contributed by atoms with E-state index in [0.29, 0.717) is 0 Å². The van der Waals surface area contributed by atoms with Crippen molar-refractivity contribution in [3.05, 3.63) is 17.5 Å². The van der Waals surface area contributed by atoms with Gasteiger partial charge in [-0.2, -0.15) is 5.10 Å². The van der Waals surface area contributed by atoms with Crippen LogP contribution in [0.1, 0.15) is 37.9 Å². The Labute approximate surface area is 92.7 Å². The third kappa shape index (κ3) is 4.47. The van der Waals surface area contributed by atoms with Crippen molar-refractivity contribution in [3.63, 3.8) is 0 Å². The molecule has 1 aromatic rings. The fourth-order valence-electron chi connectivity index (χ4n) is 1.52. The Balaban J connectivity index is 2.05. The molecular formula is C12H23N3. The van der Waals surface area contributed by atoms with Crippen LogP contribution in [0.2, 0.25) is 0 Å². The molecule has 0 aromatic carbocycles. The molecule has 0 aliphatic carbocycles. The smallest absolute Gasteiger partial charge is 0.0522 e. The minimum atomic E-state index is 0.792. The van der Waals surface area contributed by atoms with Crippen molar-refractivity contribution in [2.75, 3.05) is 13.1 Å². The van der Waals surface area contributed by atoms with Gasteiger partial charge < -0.3 is 5.32 Å². The number of hydrogen-bond acceptors (Lipinski definition) is 2. The third-order valence-corrected chi connectivity index (χ3v) is 2.92. The van der Waals surface area contributed by atoms with E-state index in [4.69, 9.17) is 0 Å². The van der Waals surface area contributed by atoms with Crippen molar-refractivity contribution < 1.29 is 0 Å². The van der Waals surface area contributed by atoms with Gasteiger partial charge in [0.05, 0.1) is 6.20 Å². The van der Waals surface area contributed by atoms with Crippen LogP contribution in [0.25, 0.3) is 0 Å². The number of nitrogens with zero attached hydrogens (tertiary/aromatic N) is 1.